The molecule has 2 heterocycles. The van der Waals surface area contributed by atoms with E-state index in [0.29, 0.717) is 12.4 Å². The van der Waals surface area contributed by atoms with Crippen molar-refractivity contribution >= 4 is 39.1 Å². The second-order valence-electron chi connectivity index (χ2n) is 5.03. The molecule has 0 aromatic carbocycles. The van der Waals surface area contributed by atoms with Crippen LogP contribution in [-0.2, 0) is 19.3 Å². The van der Waals surface area contributed by atoms with Crippen LogP contribution >= 0.6 is 27.3 Å². The van der Waals surface area contributed by atoms with Gasteiger partial charge in [0.15, 0.2) is 0 Å². The molecular weight excluding hydrogens is 352 g/mol. The van der Waals surface area contributed by atoms with Crippen molar-refractivity contribution in [1.29, 1.82) is 0 Å². The topological polar surface area (TPSA) is 62.2 Å². The summed E-state index contributed by atoms with van der Waals surface area (Å²) in [5.41, 5.74) is 2.41. The summed E-state index contributed by atoms with van der Waals surface area (Å²) in [5, 5.41) is 12.5. The van der Waals surface area contributed by atoms with E-state index >= 15 is 0 Å². The van der Waals surface area contributed by atoms with Gasteiger partial charge in [-0.2, -0.15) is 0 Å². The molecule has 1 aliphatic rings. The first-order valence-corrected chi connectivity index (χ1v) is 8.48. The zero-order chi connectivity index (χ0) is 14.8. The molecule has 110 valence electrons. The van der Waals surface area contributed by atoms with Crippen molar-refractivity contribution in [3.05, 3.63) is 43.7 Å². The van der Waals surface area contributed by atoms with Gasteiger partial charge in [-0.25, -0.2) is 9.78 Å². The maximum Gasteiger partial charge on any atom is 0.339 e. The normalized spacial score (nSPS) is 13.2. The maximum absolute atomic E-state index is 11.4. The van der Waals surface area contributed by atoms with Crippen LogP contribution in [0.2, 0.25) is 0 Å². The number of aromatic nitrogens is 1. The first-order chi connectivity index (χ1) is 10.1. The second-order valence-corrected chi connectivity index (χ2v) is 7.58. The molecule has 2 N–H and O–H groups in total. The molecule has 4 nitrogen and oxygen atoms in total. The van der Waals surface area contributed by atoms with Gasteiger partial charge in [-0.05, 0) is 65.4 Å². The molecular formula is C15H15BrN2O2S. The van der Waals surface area contributed by atoms with E-state index in [1.54, 1.807) is 17.4 Å². The zero-order valence-corrected chi connectivity index (χ0v) is 13.8. The van der Waals surface area contributed by atoms with E-state index in [1.165, 1.54) is 4.88 Å². The molecule has 0 amide bonds. The van der Waals surface area contributed by atoms with E-state index < -0.39 is 5.97 Å². The zero-order valence-electron chi connectivity index (χ0n) is 11.4. The fourth-order valence-electron chi connectivity index (χ4n) is 2.56. The molecule has 0 saturated carbocycles. The lowest BCUT2D eigenvalue weighted by Gasteiger charge is -2.10. The minimum atomic E-state index is -0.918. The molecule has 2 aromatic rings. The molecule has 6 heteroatoms. The molecule has 0 spiro atoms. The number of carbonyl (C=O) groups is 1. The molecule has 0 saturated heterocycles. The van der Waals surface area contributed by atoms with Crippen molar-refractivity contribution < 1.29 is 9.90 Å². The Labute approximate surface area is 135 Å². The minimum Gasteiger partial charge on any atom is -0.478 e. The van der Waals surface area contributed by atoms with Crippen molar-refractivity contribution in [2.24, 2.45) is 0 Å². The predicted molar refractivity (Wildman–Crippen MR) is 87.4 cm³/mol. The van der Waals surface area contributed by atoms with Crippen LogP contribution in [0.4, 0.5) is 5.82 Å². The van der Waals surface area contributed by atoms with Crippen molar-refractivity contribution in [2.45, 2.75) is 25.7 Å². The largest absolute Gasteiger partial charge is 0.478 e. The summed E-state index contributed by atoms with van der Waals surface area (Å²) in [6, 6.07) is 5.88. The Bertz CT molecular complexity index is 684. The number of carboxylic acids is 1. The summed E-state index contributed by atoms with van der Waals surface area (Å²) in [5.74, 6) is -0.419. The average Bonchev–Trinajstić information content (AvgIpc) is 3.06. The highest BCUT2D eigenvalue weighted by atomic mass is 79.9. The van der Waals surface area contributed by atoms with E-state index in [9.17, 15) is 9.90 Å². The molecule has 0 bridgehead atoms. The van der Waals surface area contributed by atoms with E-state index in [4.69, 9.17) is 0 Å². The fraction of sp³-hybridized carbons (Fsp3) is 0.333. The molecule has 0 radical (unpaired) electrons. The Morgan fingerprint density at radius 2 is 2.29 bits per heavy atom. The van der Waals surface area contributed by atoms with Gasteiger partial charge in [-0.15, -0.1) is 11.3 Å². The number of rotatable bonds is 5. The van der Waals surface area contributed by atoms with Crippen LogP contribution < -0.4 is 5.32 Å². The van der Waals surface area contributed by atoms with Crippen molar-refractivity contribution in [2.75, 3.05) is 11.9 Å². The van der Waals surface area contributed by atoms with E-state index in [2.05, 4.69) is 32.3 Å². The predicted octanol–water partition coefficient (Wildman–Crippen LogP) is 3.75. The highest BCUT2D eigenvalue weighted by Crippen LogP contribution is 2.26. The highest BCUT2D eigenvalue weighted by molar-refractivity contribution is 9.11. The Balaban J connectivity index is 1.73. The Morgan fingerprint density at radius 3 is 3.00 bits per heavy atom. The van der Waals surface area contributed by atoms with E-state index in [-0.39, 0.29) is 5.56 Å². The Hall–Kier alpha value is -1.40. The summed E-state index contributed by atoms with van der Waals surface area (Å²) in [6.45, 7) is 0.680. The Kier molecular flexibility index (Phi) is 4.26. The molecule has 1 aliphatic carbocycles. The van der Waals surface area contributed by atoms with Gasteiger partial charge in [0.1, 0.15) is 11.4 Å². The molecule has 0 fully saturated rings. The smallest absolute Gasteiger partial charge is 0.339 e. The summed E-state index contributed by atoms with van der Waals surface area (Å²) >= 11 is 5.13. The standard InChI is InChI=1S/C15H15BrN2O2S/c16-13-5-4-10(21-13)6-7-17-14-11(15(19)20)8-9-2-1-3-12(9)18-14/h4-5,8H,1-3,6-7H2,(H,17,18)(H,19,20). The first-order valence-electron chi connectivity index (χ1n) is 6.87. The van der Waals surface area contributed by atoms with Gasteiger partial charge in [0, 0.05) is 17.1 Å². The molecule has 0 aliphatic heterocycles. The van der Waals surface area contributed by atoms with Crippen LogP contribution in [0.25, 0.3) is 0 Å². The lowest BCUT2D eigenvalue weighted by Crippen LogP contribution is -2.12. The minimum absolute atomic E-state index is 0.281. The number of aromatic carboxylic acids is 1. The van der Waals surface area contributed by atoms with Crippen LogP contribution in [0.15, 0.2) is 22.0 Å². The van der Waals surface area contributed by atoms with Gasteiger partial charge < -0.3 is 10.4 Å². The first kappa shape index (κ1) is 14.5. The van der Waals surface area contributed by atoms with Crippen LogP contribution in [0.5, 0.6) is 0 Å². The van der Waals surface area contributed by atoms with Crippen LogP contribution in [0.1, 0.15) is 32.9 Å². The monoisotopic (exact) mass is 366 g/mol. The Morgan fingerprint density at radius 1 is 1.43 bits per heavy atom. The third-order valence-electron chi connectivity index (χ3n) is 3.57. The number of anilines is 1. The SMILES string of the molecule is O=C(O)c1cc2c(nc1NCCc1ccc(Br)s1)CCC2. The number of hydrogen-bond donors (Lipinski definition) is 2. The summed E-state index contributed by atoms with van der Waals surface area (Å²) in [7, 11) is 0. The van der Waals surface area contributed by atoms with E-state index in [1.807, 2.05) is 6.07 Å². The second kappa shape index (κ2) is 6.15. The summed E-state index contributed by atoms with van der Waals surface area (Å²) < 4.78 is 1.11. The highest BCUT2D eigenvalue weighted by Gasteiger charge is 2.19. The van der Waals surface area contributed by atoms with Gasteiger partial charge in [-0.3, -0.25) is 0 Å². The van der Waals surface area contributed by atoms with Crippen LogP contribution in [0.3, 0.4) is 0 Å². The van der Waals surface area contributed by atoms with Gasteiger partial charge in [0.2, 0.25) is 0 Å². The maximum atomic E-state index is 11.4. The fourth-order valence-corrected chi connectivity index (χ4v) is 4.04. The van der Waals surface area contributed by atoms with Gasteiger partial charge in [0.25, 0.3) is 0 Å². The molecule has 21 heavy (non-hydrogen) atoms. The number of pyridine rings is 1. The van der Waals surface area contributed by atoms with Crippen LogP contribution in [-0.4, -0.2) is 22.6 Å². The van der Waals surface area contributed by atoms with Gasteiger partial charge in [-0.1, -0.05) is 0 Å². The number of nitrogens with one attached hydrogen (secondary N) is 1. The number of nitrogens with zero attached hydrogens (tertiary/aromatic N) is 1. The number of aryl methyl sites for hydroxylation is 2. The van der Waals surface area contributed by atoms with Crippen molar-refractivity contribution in [3.8, 4) is 0 Å². The molecule has 0 unspecified atom stereocenters. The summed E-state index contributed by atoms with van der Waals surface area (Å²) in [4.78, 5) is 17.1. The van der Waals surface area contributed by atoms with Crippen molar-refractivity contribution in [3.63, 3.8) is 0 Å². The third kappa shape index (κ3) is 3.27. The van der Waals surface area contributed by atoms with Crippen molar-refractivity contribution in [1.82, 2.24) is 4.98 Å². The lowest BCUT2D eigenvalue weighted by atomic mass is 10.1. The van der Waals surface area contributed by atoms with Gasteiger partial charge in [0.05, 0.1) is 3.79 Å². The number of fused-ring (bicyclic) bond motifs is 1. The number of carboxylic acid groups (broad SMARTS) is 1. The lowest BCUT2D eigenvalue weighted by molar-refractivity contribution is 0.0697. The molecule has 2 aromatic heterocycles. The van der Waals surface area contributed by atoms with Gasteiger partial charge >= 0.3 is 5.97 Å². The molecule has 0 atom stereocenters. The number of halogens is 1. The summed E-state index contributed by atoms with van der Waals surface area (Å²) in [6.07, 6.45) is 3.80. The third-order valence-corrected chi connectivity index (χ3v) is 5.26. The molecule has 3 rings (SSSR count). The number of hydrogen-bond acceptors (Lipinski definition) is 4. The van der Waals surface area contributed by atoms with Crippen LogP contribution in [0, 0.1) is 0 Å². The average molecular weight is 367 g/mol. The quantitative estimate of drug-likeness (QED) is 0.845. The number of thiophene rings is 1. The van der Waals surface area contributed by atoms with E-state index in [0.717, 1.165) is 40.7 Å².